The summed E-state index contributed by atoms with van der Waals surface area (Å²) in [6.07, 6.45) is 2.32. The van der Waals surface area contributed by atoms with Gasteiger partial charge in [0.25, 0.3) is 0 Å². The third-order valence-electron chi connectivity index (χ3n) is 3.80. The van der Waals surface area contributed by atoms with Crippen molar-refractivity contribution < 1.29 is 23.1 Å². The van der Waals surface area contributed by atoms with E-state index in [0.717, 1.165) is 17.8 Å². The van der Waals surface area contributed by atoms with Gasteiger partial charge in [0.1, 0.15) is 12.4 Å². The average molecular weight is 392 g/mol. The van der Waals surface area contributed by atoms with Gasteiger partial charge in [0.15, 0.2) is 11.6 Å². The molecule has 2 N–H and O–H groups in total. The molecule has 0 atom stereocenters. The summed E-state index contributed by atoms with van der Waals surface area (Å²) < 4.78 is 31.0. The number of likely N-dealkylation sites (N-methyl/N-ethyl adjacent to an activating group) is 1. The lowest BCUT2D eigenvalue weighted by Crippen LogP contribution is -2.44. The van der Waals surface area contributed by atoms with Crippen LogP contribution in [0.3, 0.4) is 0 Å². The van der Waals surface area contributed by atoms with E-state index in [4.69, 9.17) is 4.74 Å². The predicted molar refractivity (Wildman–Crippen MR) is 98.8 cm³/mol. The van der Waals surface area contributed by atoms with Gasteiger partial charge in [-0.1, -0.05) is 6.07 Å². The Bertz CT molecular complexity index is 790. The third-order valence-corrected chi connectivity index (χ3v) is 3.80. The van der Waals surface area contributed by atoms with Crippen molar-refractivity contribution in [2.45, 2.75) is 6.42 Å². The second kappa shape index (κ2) is 10.8. The molecule has 0 spiro atoms. The molecule has 7 nitrogen and oxygen atoms in total. The fourth-order valence-corrected chi connectivity index (χ4v) is 2.21. The number of aromatic nitrogens is 1. The van der Waals surface area contributed by atoms with Crippen LogP contribution in [0.5, 0.6) is 5.75 Å². The predicted octanol–water partition coefficient (Wildman–Crippen LogP) is 1.74. The van der Waals surface area contributed by atoms with Crippen LogP contribution in [-0.4, -0.2) is 55.1 Å². The summed E-state index contributed by atoms with van der Waals surface area (Å²) >= 11 is 0. The monoisotopic (exact) mass is 392 g/mol. The van der Waals surface area contributed by atoms with E-state index < -0.39 is 17.7 Å². The normalized spacial score (nSPS) is 10.2. The number of hydrogen-bond donors (Lipinski definition) is 2. The Morgan fingerprint density at radius 3 is 2.68 bits per heavy atom. The molecule has 1 aromatic heterocycles. The minimum Gasteiger partial charge on any atom is -0.492 e. The highest BCUT2D eigenvalue weighted by Gasteiger charge is 2.10. The number of benzene rings is 1. The molecule has 0 fully saturated rings. The molecule has 0 unspecified atom stereocenters. The highest BCUT2D eigenvalue weighted by atomic mass is 19.2. The minimum absolute atomic E-state index is 0.0659. The van der Waals surface area contributed by atoms with Crippen LogP contribution in [0.25, 0.3) is 0 Å². The van der Waals surface area contributed by atoms with Gasteiger partial charge in [-0.05, 0) is 24.3 Å². The maximum atomic E-state index is 13.0. The number of nitrogens with zero attached hydrogens (tertiary/aromatic N) is 2. The van der Waals surface area contributed by atoms with Crippen molar-refractivity contribution in [1.29, 1.82) is 0 Å². The first-order valence-electron chi connectivity index (χ1n) is 8.69. The van der Waals surface area contributed by atoms with Crippen LogP contribution in [0.4, 0.5) is 13.6 Å². The standard InChI is InChI=1S/C19H22F2N4O3/c1-25(10-7-14-4-2-3-8-22-14)18(26)13-24-19(27)23-9-11-28-15-5-6-16(20)17(21)12-15/h2-6,8,12H,7,9-11,13H2,1H3,(H2,23,24,27). The number of halogens is 2. The van der Waals surface area contributed by atoms with Gasteiger partial charge in [0.2, 0.25) is 5.91 Å². The first-order valence-corrected chi connectivity index (χ1v) is 8.69. The van der Waals surface area contributed by atoms with Crippen molar-refractivity contribution in [3.8, 4) is 5.75 Å². The van der Waals surface area contributed by atoms with Gasteiger partial charge >= 0.3 is 6.03 Å². The number of rotatable bonds is 9. The Balaban J connectivity index is 1.59. The third kappa shape index (κ3) is 7.18. The molecule has 150 valence electrons. The van der Waals surface area contributed by atoms with Crippen molar-refractivity contribution in [2.75, 3.05) is 33.3 Å². The SMILES string of the molecule is CN(CCc1ccccn1)C(=O)CNC(=O)NCCOc1ccc(F)c(F)c1. The number of ether oxygens (including phenoxy) is 1. The van der Waals surface area contributed by atoms with E-state index in [-0.39, 0.29) is 31.4 Å². The lowest BCUT2D eigenvalue weighted by Gasteiger charge is -2.17. The smallest absolute Gasteiger partial charge is 0.315 e. The summed E-state index contributed by atoms with van der Waals surface area (Å²) in [5, 5.41) is 4.96. The van der Waals surface area contributed by atoms with Crippen LogP contribution in [0.2, 0.25) is 0 Å². The van der Waals surface area contributed by atoms with Crippen molar-refractivity contribution in [3.05, 3.63) is 59.9 Å². The second-order valence-electron chi connectivity index (χ2n) is 5.92. The van der Waals surface area contributed by atoms with Crippen LogP contribution in [0.15, 0.2) is 42.6 Å². The molecule has 0 bridgehead atoms. The molecule has 3 amide bonds. The molecule has 0 radical (unpaired) electrons. The second-order valence-corrected chi connectivity index (χ2v) is 5.92. The van der Waals surface area contributed by atoms with Crippen LogP contribution in [-0.2, 0) is 11.2 Å². The van der Waals surface area contributed by atoms with Crippen molar-refractivity contribution in [1.82, 2.24) is 20.5 Å². The number of hydrogen-bond acceptors (Lipinski definition) is 4. The highest BCUT2D eigenvalue weighted by Crippen LogP contribution is 2.14. The molecule has 0 aliphatic heterocycles. The zero-order valence-electron chi connectivity index (χ0n) is 15.5. The molecule has 1 heterocycles. The maximum absolute atomic E-state index is 13.0. The molecule has 28 heavy (non-hydrogen) atoms. The summed E-state index contributed by atoms with van der Waals surface area (Å²) in [5.41, 5.74) is 0.883. The molecule has 0 saturated carbocycles. The van der Waals surface area contributed by atoms with E-state index in [1.807, 2.05) is 18.2 Å². The molecule has 1 aromatic carbocycles. The lowest BCUT2D eigenvalue weighted by molar-refractivity contribution is -0.128. The van der Waals surface area contributed by atoms with Gasteiger partial charge < -0.3 is 20.3 Å². The highest BCUT2D eigenvalue weighted by molar-refractivity contribution is 5.83. The lowest BCUT2D eigenvalue weighted by atomic mass is 10.2. The molecule has 0 saturated heterocycles. The molecule has 2 rings (SSSR count). The van der Waals surface area contributed by atoms with E-state index in [1.165, 1.54) is 11.0 Å². The number of pyridine rings is 1. The van der Waals surface area contributed by atoms with E-state index >= 15 is 0 Å². The fraction of sp³-hybridized carbons (Fsp3) is 0.316. The summed E-state index contributed by atoms with van der Waals surface area (Å²) in [6.45, 7) is 0.542. The first-order chi connectivity index (χ1) is 13.5. The summed E-state index contributed by atoms with van der Waals surface area (Å²) in [5.74, 6) is -2.04. The Morgan fingerprint density at radius 1 is 1.14 bits per heavy atom. The van der Waals surface area contributed by atoms with Gasteiger partial charge in [-0.15, -0.1) is 0 Å². The fourth-order valence-electron chi connectivity index (χ4n) is 2.21. The van der Waals surface area contributed by atoms with Crippen LogP contribution in [0.1, 0.15) is 5.69 Å². The quantitative estimate of drug-likeness (QED) is 0.637. The van der Waals surface area contributed by atoms with Crippen LogP contribution in [0, 0.1) is 11.6 Å². The number of amides is 3. The Morgan fingerprint density at radius 2 is 1.96 bits per heavy atom. The Kier molecular flexibility index (Phi) is 8.13. The van der Waals surface area contributed by atoms with E-state index in [2.05, 4.69) is 15.6 Å². The van der Waals surface area contributed by atoms with Crippen molar-refractivity contribution >= 4 is 11.9 Å². The first kappa shape index (κ1) is 21.1. The summed E-state index contributed by atoms with van der Waals surface area (Å²) in [4.78, 5) is 29.4. The maximum Gasteiger partial charge on any atom is 0.315 e. The van der Waals surface area contributed by atoms with Crippen LogP contribution < -0.4 is 15.4 Å². The molecule has 2 aromatic rings. The van der Waals surface area contributed by atoms with Crippen molar-refractivity contribution in [3.63, 3.8) is 0 Å². The van der Waals surface area contributed by atoms with Crippen LogP contribution >= 0.6 is 0 Å². The van der Waals surface area contributed by atoms with Gasteiger partial charge in [0.05, 0.1) is 13.1 Å². The largest absolute Gasteiger partial charge is 0.492 e. The van der Waals surface area contributed by atoms with Gasteiger partial charge in [0, 0.05) is 38.0 Å². The number of carbonyl (C=O) groups excluding carboxylic acids is 2. The molecule has 0 aliphatic carbocycles. The minimum atomic E-state index is -1.01. The summed E-state index contributed by atoms with van der Waals surface area (Å²) in [7, 11) is 1.65. The van der Waals surface area contributed by atoms with E-state index in [1.54, 1.807) is 13.2 Å². The Hall–Kier alpha value is -3.23. The zero-order chi connectivity index (χ0) is 20.4. The molecule has 9 heteroatoms. The van der Waals surface area contributed by atoms with E-state index in [0.29, 0.717) is 13.0 Å². The van der Waals surface area contributed by atoms with Gasteiger partial charge in [-0.2, -0.15) is 0 Å². The van der Waals surface area contributed by atoms with Gasteiger partial charge in [-0.3, -0.25) is 9.78 Å². The zero-order valence-corrected chi connectivity index (χ0v) is 15.5. The number of nitrogens with one attached hydrogen (secondary N) is 2. The molecular formula is C19H22F2N4O3. The van der Waals surface area contributed by atoms with Gasteiger partial charge in [-0.25, -0.2) is 13.6 Å². The summed E-state index contributed by atoms with van der Waals surface area (Å²) in [6, 6.07) is 8.23. The van der Waals surface area contributed by atoms with E-state index in [9.17, 15) is 18.4 Å². The number of urea groups is 1. The molecular weight excluding hydrogens is 370 g/mol. The topological polar surface area (TPSA) is 83.6 Å². The Labute approximate surface area is 161 Å². The van der Waals surface area contributed by atoms with Crippen molar-refractivity contribution in [2.24, 2.45) is 0 Å². The molecule has 0 aliphatic rings. The average Bonchev–Trinajstić information content (AvgIpc) is 2.70. The number of carbonyl (C=O) groups is 2.